The van der Waals surface area contributed by atoms with Crippen LogP contribution < -0.4 is 5.32 Å². The van der Waals surface area contributed by atoms with Crippen LogP contribution in [0.4, 0.5) is 0 Å². The molecule has 0 aromatic rings. The standard InChI is InChI=1S/C14H25NO2/c1-4-11(2)14(3,17)10-15-13(16)9-12-7-5-6-8-12/h5,7,11-12,17H,4,6,8-10H2,1-3H3,(H,15,16). The highest BCUT2D eigenvalue weighted by Gasteiger charge is 2.27. The molecule has 17 heavy (non-hydrogen) atoms. The van der Waals surface area contributed by atoms with Crippen molar-refractivity contribution in [2.45, 2.75) is 52.1 Å². The van der Waals surface area contributed by atoms with Crippen molar-refractivity contribution >= 4 is 5.91 Å². The first kappa shape index (κ1) is 14.2. The van der Waals surface area contributed by atoms with Crippen LogP contribution in [0.3, 0.4) is 0 Å². The molecular formula is C14H25NO2. The van der Waals surface area contributed by atoms with Gasteiger partial charge in [0.25, 0.3) is 0 Å². The highest BCUT2D eigenvalue weighted by Crippen LogP contribution is 2.21. The lowest BCUT2D eigenvalue weighted by Crippen LogP contribution is -2.45. The highest BCUT2D eigenvalue weighted by molar-refractivity contribution is 5.76. The molecule has 2 N–H and O–H groups in total. The molecule has 0 bridgehead atoms. The van der Waals surface area contributed by atoms with Crippen LogP contribution in [-0.2, 0) is 4.79 Å². The lowest BCUT2D eigenvalue weighted by atomic mass is 9.88. The SMILES string of the molecule is CCC(C)C(C)(O)CNC(=O)CC1C=CCC1. The Morgan fingerprint density at radius 1 is 1.65 bits per heavy atom. The third-order valence-corrected chi connectivity index (χ3v) is 3.88. The molecular weight excluding hydrogens is 214 g/mol. The van der Waals surface area contributed by atoms with Crippen molar-refractivity contribution < 1.29 is 9.90 Å². The topological polar surface area (TPSA) is 49.3 Å². The van der Waals surface area contributed by atoms with E-state index in [0.717, 1.165) is 19.3 Å². The summed E-state index contributed by atoms with van der Waals surface area (Å²) in [6, 6.07) is 0. The number of aliphatic hydroxyl groups is 1. The van der Waals surface area contributed by atoms with E-state index in [1.165, 1.54) is 0 Å². The van der Waals surface area contributed by atoms with Gasteiger partial charge in [-0.1, -0.05) is 32.4 Å². The number of amides is 1. The summed E-state index contributed by atoms with van der Waals surface area (Å²) in [6.45, 7) is 6.18. The molecule has 3 nitrogen and oxygen atoms in total. The van der Waals surface area contributed by atoms with Gasteiger partial charge >= 0.3 is 0 Å². The predicted molar refractivity (Wildman–Crippen MR) is 69.6 cm³/mol. The van der Waals surface area contributed by atoms with Crippen molar-refractivity contribution in [3.63, 3.8) is 0 Å². The summed E-state index contributed by atoms with van der Waals surface area (Å²) in [5.74, 6) is 0.628. The van der Waals surface area contributed by atoms with E-state index in [4.69, 9.17) is 0 Å². The number of allylic oxidation sites excluding steroid dienone is 2. The van der Waals surface area contributed by atoms with E-state index in [1.54, 1.807) is 6.92 Å². The zero-order valence-electron chi connectivity index (χ0n) is 11.2. The van der Waals surface area contributed by atoms with Gasteiger partial charge in [0.1, 0.15) is 0 Å². The molecule has 0 aromatic carbocycles. The normalized spacial score (nSPS) is 24.4. The molecule has 1 amide bonds. The third kappa shape index (κ3) is 4.50. The Morgan fingerprint density at radius 3 is 2.88 bits per heavy atom. The van der Waals surface area contributed by atoms with Crippen LogP contribution in [-0.4, -0.2) is 23.2 Å². The van der Waals surface area contributed by atoms with Gasteiger partial charge in [-0.2, -0.15) is 0 Å². The van der Waals surface area contributed by atoms with Crippen molar-refractivity contribution in [2.24, 2.45) is 11.8 Å². The maximum absolute atomic E-state index is 11.7. The molecule has 0 heterocycles. The number of nitrogens with one attached hydrogen (secondary N) is 1. The zero-order chi connectivity index (χ0) is 12.9. The molecule has 0 saturated heterocycles. The molecule has 0 aromatic heterocycles. The number of hydrogen-bond acceptors (Lipinski definition) is 2. The summed E-state index contributed by atoms with van der Waals surface area (Å²) in [5, 5.41) is 13.0. The third-order valence-electron chi connectivity index (χ3n) is 3.88. The molecule has 98 valence electrons. The van der Waals surface area contributed by atoms with Gasteiger partial charge < -0.3 is 10.4 Å². The van der Waals surface area contributed by atoms with Gasteiger partial charge in [-0.15, -0.1) is 0 Å². The summed E-state index contributed by atoms with van der Waals surface area (Å²) in [4.78, 5) is 11.7. The smallest absolute Gasteiger partial charge is 0.220 e. The van der Waals surface area contributed by atoms with Gasteiger partial charge in [0.15, 0.2) is 0 Å². The summed E-state index contributed by atoms with van der Waals surface area (Å²) in [5.41, 5.74) is -0.810. The Balaban J connectivity index is 2.29. The first-order valence-electron chi connectivity index (χ1n) is 6.61. The average molecular weight is 239 g/mol. The minimum atomic E-state index is -0.810. The van der Waals surface area contributed by atoms with Gasteiger partial charge in [-0.25, -0.2) is 0 Å². The van der Waals surface area contributed by atoms with E-state index in [1.807, 2.05) is 13.8 Å². The maximum atomic E-state index is 11.7. The van der Waals surface area contributed by atoms with Crippen molar-refractivity contribution in [1.82, 2.24) is 5.32 Å². The fourth-order valence-electron chi connectivity index (χ4n) is 2.07. The van der Waals surface area contributed by atoms with E-state index >= 15 is 0 Å². The first-order chi connectivity index (χ1) is 7.95. The van der Waals surface area contributed by atoms with E-state index in [-0.39, 0.29) is 11.8 Å². The van der Waals surface area contributed by atoms with Gasteiger partial charge in [-0.3, -0.25) is 4.79 Å². The second kappa shape index (κ2) is 6.20. The fourth-order valence-corrected chi connectivity index (χ4v) is 2.07. The molecule has 0 fully saturated rings. The molecule has 3 heteroatoms. The largest absolute Gasteiger partial charge is 0.388 e. The molecule has 1 aliphatic carbocycles. The van der Waals surface area contributed by atoms with Crippen molar-refractivity contribution in [3.8, 4) is 0 Å². The Bertz CT molecular complexity index is 284. The van der Waals surface area contributed by atoms with Gasteiger partial charge in [0, 0.05) is 13.0 Å². The first-order valence-corrected chi connectivity index (χ1v) is 6.61. The average Bonchev–Trinajstić information content (AvgIpc) is 2.78. The van der Waals surface area contributed by atoms with Crippen LogP contribution in [0.2, 0.25) is 0 Å². The quantitative estimate of drug-likeness (QED) is 0.698. The molecule has 0 spiro atoms. The Kier molecular flexibility index (Phi) is 5.19. The summed E-state index contributed by atoms with van der Waals surface area (Å²) < 4.78 is 0. The Labute approximate surface area is 104 Å². The van der Waals surface area contributed by atoms with Crippen LogP contribution in [0.15, 0.2) is 12.2 Å². The monoisotopic (exact) mass is 239 g/mol. The number of carbonyl (C=O) groups is 1. The number of rotatable bonds is 6. The predicted octanol–water partition coefficient (Wildman–Crippen LogP) is 2.26. The molecule has 3 atom stereocenters. The minimum absolute atomic E-state index is 0.0464. The molecule has 1 aliphatic rings. The second-order valence-electron chi connectivity index (χ2n) is 5.41. The molecule has 3 unspecified atom stereocenters. The van der Waals surface area contributed by atoms with Crippen molar-refractivity contribution in [1.29, 1.82) is 0 Å². The summed E-state index contributed by atoms with van der Waals surface area (Å²) >= 11 is 0. The van der Waals surface area contributed by atoms with Gasteiger partial charge in [0.2, 0.25) is 5.91 Å². The van der Waals surface area contributed by atoms with E-state index in [9.17, 15) is 9.90 Å². The van der Waals surface area contributed by atoms with Crippen LogP contribution in [0.25, 0.3) is 0 Å². The second-order valence-corrected chi connectivity index (χ2v) is 5.41. The lowest BCUT2D eigenvalue weighted by molar-refractivity contribution is -0.123. The maximum Gasteiger partial charge on any atom is 0.220 e. The van der Waals surface area contributed by atoms with Gasteiger partial charge in [-0.05, 0) is 31.6 Å². The Hall–Kier alpha value is -0.830. The molecule has 1 rings (SSSR count). The summed E-state index contributed by atoms with van der Waals surface area (Å²) in [6.07, 6.45) is 7.87. The van der Waals surface area contributed by atoms with E-state index in [0.29, 0.717) is 18.9 Å². The van der Waals surface area contributed by atoms with E-state index < -0.39 is 5.60 Å². The Morgan fingerprint density at radius 2 is 2.35 bits per heavy atom. The van der Waals surface area contributed by atoms with Crippen LogP contribution in [0, 0.1) is 11.8 Å². The lowest BCUT2D eigenvalue weighted by Gasteiger charge is -2.29. The fraction of sp³-hybridized carbons (Fsp3) is 0.786. The van der Waals surface area contributed by atoms with Crippen LogP contribution >= 0.6 is 0 Å². The highest BCUT2D eigenvalue weighted by atomic mass is 16.3. The number of hydrogen-bond donors (Lipinski definition) is 2. The summed E-state index contributed by atoms with van der Waals surface area (Å²) in [7, 11) is 0. The molecule has 0 saturated carbocycles. The van der Waals surface area contributed by atoms with Gasteiger partial charge in [0.05, 0.1) is 5.60 Å². The van der Waals surface area contributed by atoms with Crippen molar-refractivity contribution in [2.75, 3.05) is 6.54 Å². The number of carbonyl (C=O) groups excluding carboxylic acids is 1. The van der Waals surface area contributed by atoms with Crippen LogP contribution in [0.1, 0.15) is 46.5 Å². The molecule has 0 aliphatic heterocycles. The zero-order valence-corrected chi connectivity index (χ0v) is 11.2. The van der Waals surface area contributed by atoms with Crippen LogP contribution in [0.5, 0.6) is 0 Å². The van der Waals surface area contributed by atoms with E-state index in [2.05, 4.69) is 17.5 Å². The van der Waals surface area contributed by atoms with Crippen molar-refractivity contribution in [3.05, 3.63) is 12.2 Å². The minimum Gasteiger partial charge on any atom is -0.388 e. The molecule has 0 radical (unpaired) electrons.